The fourth-order valence-corrected chi connectivity index (χ4v) is 3.77. The van der Waals surface area contributed by atoms with Crippen molar-refractivity contribution < 1.29 is 4.79 Å². The molecule has 2 nitrogen and oxygen atoms in total. The molecule has 1 aromatic rings. The van der Waals surface area contributed by atoms with E-state index in [1.807, 2.05) is 19.1 Å². The zero-order valence-corrected chi connectivity index (χ0v) is 13.0. The van der Waals surface area contributed by atoms with Gasteiger partial charge in [-0.05, 0) is 65.2 Å². The average molecular weight is 341 g/mol. The highest BCUT2D eigenvalue weighted by Gasteiger charge is 2.39. The quantitative estimate of drug-likeness (QED) is 0.786. The summed E-state index contributed by atoms with van der Waals surface area (Å²) in [6.07, 6.45) is 6.54. The number of halogens is 2. The zero-order valence-electron chi connectivity index (χ0n) is 10.6. The Morgan fingerprint density at radius 2 is 2.16 bits per heavy atom. The Hall–Kier alpha value is -0.800. The van der Waals surface area contributed by atoms with Crippen LogP contribution in [0.25, 0.3) is 0 Å². The first-order valence-electron chi connectivity index (χ1n) is 6.49. The van der Waals surface area contributed by atoms with Crippen LogP contribution < -0.4 is 5.32 Å². The van der Waals surface area contributed by atoms with Crippen LogP contribution in [0.5, 0.6) is 0 Å². The summed E-state index contributed by atoms with van der Waals surface area (Å²) in [5.41, 5.74) is 1.75. The van der Waals surface area contributed by atoms with Gasteiger partial charge in [-0.2, -0.15) is 0 Å². The molecule has 2 aliphatic rings. The third-order valence-corrected chi connectivity index (χ3v) is 5.19. The molecule has 1 fully saturated rings. The molecular weight excluding hydrogens is 326 g/mol. The molecule has 3 unspecified atom stereocenters. The van der Waals surface area contributed by atoms with Crippen LogP contribution in [-0.2, 0) is 4.79 Å². The molecule has 3 atom stereocenters. The Morgan fingerprint density at radius 1 is 1.37 bits per heavy atom. The molecule has 2 bridgehead atoms. The minimum atomic E-state index is 0.109. The first kappa shape index (κ1) is 13.2. The summed E-state index contributed by atoms with van der Waals surface area (Å²) >= 11 is 9.58. The van der Waals surface area contributed by atoms with Crippen LogP contribution in [0.1, 0.15) is 18.4 Å². The van der Waals surface area contributed by atoms with Crippen LogP contribution in [0.2, 0.25) is 5.02 Å². The summed E-state index contributed by atoms with van der Waals surface area (Å²) in [6.45, 7) is 1.94. The molecule has 2 aliphatic carbocycles. The lowest BCUT2D eigenvalue weighted by atomic mass is 9.93. The van der Waals surface area contributed by atoms with Crippen LogP contribution in [0.15, 0.2) is 28.8 Å². The zero-order chi connectivity index (χ0) is 13.6. The van der Waals surface area contributed by atoms with Crippen LogP contribution in [0.4, 0.5) is 5.69 Å². The topological polar surface area (TPSA) is 29.1 Å². The van der Waals surface area contributed by atoms with Crippen molar-refractivity contribution in [3.05, 3.63) is 39.3 Å². The number of anilines is 1. The maximum atomic E-state index is 12.3. The van der Waals surface area contributed by atoms with E-state index >= 15 is 0 Å². The van der Waals surface area contributed by atoms with E-state index in [0.29, 0.717) is 16.9 Å². The second-order valence-corrected chi connectivity index (χ2v) is 6.72. The van der Waals surface area contributed by atoms with Gasteiger partial charge < -0.3 is 5.32 Å². The lowest BCUT2D eigenvalue weighted by molar-refractivity contribution is -0.120. The summed E-state index contributed by atoms with van der Waals surface area (Å²) in [5, 5.41) is 3.67. The number of rotatable bonds is 2. The predicted molar refractivity (Wildman–Crippen MR) is 81.4 cm³/mol. The van der Waals surface area contributed by atoms with Gasteiger partial charge in [0.05, 0.1) is 5.69 Å². The largest absolute Gasteiger partial charge is 0.325 e. The van der Waals surface area contributed by atoms with Gasteiger partial charge in [-0.25, -0.2) is 0 Å². The van der Waals surface area contributed by atoms with Crippen molar-refractivity contribution in [1.29, 1.82) is 0 Å². The molecule has 100 valence electrons. The molecule has 0 aromatic heterocycles. The van der Waals surface area contributed by atoms with E-state index in [1.165, 1.54) is 0 Å². The van der Waals surface area contributed by atoms with Gasteiger partial charge >= 0.3 is 0 Å². The van der Waals surface area contributed by atoms with Crippen molar-refractivity contribution in [1.82, 2.24) is 0 Å². The van der Waals surface area contributed by atoms with E-state index in [1.54, 1.807) is 0 Å². The van der Waals surface area contributed by atoms with Gasteiger partial charge in [0.25, 0.3) is 0 Å². The molecule has 0 heterocycles. The molecule has 19 heavy (non-hydrogen) atoms. The molecule has 1 amide bonds. The van der Waals surface area contributed by atoms with E-state index in [4.69, 9.17) is 11.6 Å². The van der Waals surface area contributed by atoms with Crippen LogP contribution >= 0.6 is 27.5 Å². The summed E-state index contributed by atoms with van der Waals surface area (Å²) < 4.78 is 0.876. The molecular formula is C15H15BrClNO. The molecule has 1 N–H and O–H groups in total. The Labute approximate surface area is 126 Å². The van der Waals surface area contributed by atoms with Crippen molar-refractivity contribution in [3.8, 4) is 0 Å². The summed E-state index contributed by atoms with van der Waals surface area (Å²) in [4.78, 5) is 12.3. The average Bonchev–Trinajstić information content (AvgIpc) is 2.98. The van der Waals surface area contributed by atoms with Crippen molar-refractivity contribution >= 4 is 39.1 Å². The smallest absolute Gasteiger partial charge is 0.228 e. The molecule has 0 radical (unpaired) electrons. The molecule has 1 saturated carbocycles. The van der Waals surface area contributed by atoms with Crippen LogP contribution in [-0.4, -0.2) is 5.91 Å². The summed E-state index contributed by atoms with van der Waals surface area (Å²) in [7, 11) is 0. The number of hydrogen-bond acceptors (Lipinski definition) is 1. The Kier molecular flexibility index (Phi) is 3.44. The maximum absolute atomic E-state index is 12.3. The molecule has 0 spiro atoms. The van der Waals surface area contributed by atoms with Gasteiger partial charge in [0.2, 0.25) is 5.91 Å². The number of amides is 1. The van der Waals surface area contributed by atoms with Crippen molar-refractivity contribution in [2.45, 2.75) is 19.8 Å². The van der Waals surface area contributed by atoms with Crippen molar-refractivity contribution in [3.63, 3.8) is 0 Å². The van der Waals surface area contributed by atoms with Gasteiger partial charge in [-0.3, -0.25) is 4.79 Å². The second kappa shape index (κ2) is 4.95. The van der Waals surface area contributed by atoms with E-state index < -0.39 is 0 Å². The number of nitrogens with one attached hydrogen (secondary N) is 1. The minimum Gasteiger partial charge on any atom is -0.325 e. The number of hydrogen-bond donors (Lipinski definition) is 1. The highest BCUT2D eigenvalue weighted by molar-refractivity contribution is 9.10. The molecule has 4 heteroatoms. The number of fused-ring (bicyclic) bond motifs is 2. The Balaban J connectivity index is 1.77. The van der Waals surface area contributed by atoms with Crippen LogP contribution in [0.3, 0.4) is 0 Å². The van der Waals surface area contributed by atoms with Gasteiger partial charge in [0.1, 0.15) is 0 Å². The standard InChI is InChI=1S/C15H15BrClNO/c1-8-4-12(16)14(7-13(8)17)18-15(19)11-6-9-2-3-10(11)5-9/h2-4,7,9-11H,5-6H2,1H3,(H,18,19). The summed E-state index contributed by atoms with van der Waals surface area (Å²) in [5.74, 6) is 1.25. The van der Waals surface area contributed by atoms with E-state index in [0.717, 1.165) is 28.6 Å². The third-order valence-electron chi connectivity index (χ3n) is 4.12. The molecule has 1 aromatic carbocycles. The van der Waals surface area contributed by atoms with Crippen molar-refractivity contribution in [2.24, 2.45) is 17.8 Å². The highest BCUT2D eigenvalue weighted by atomic mass is 79.9. The number of benzene rings is 1. The SMILES string of the molecule is Cc1cc(Br)c(NC(=O)C2CC3C=CC2C3)cc1Cl. The van der Waals surface area contributed by atoms with Gasteiger partial charge in [0.15, 0.2) is 0 Å². The number of carbonyl (C=O) groups excluding carboxylic acids is 1. The van der Waals surface area contributed by atoms with E-state index in [-0.39, 0.29) is 11.8 Å². The van der Waals surface area contributed by atoms with Gasteiger partial charge in [-0.1, -0.05) is 23.8 Å². The molecule has 0 aliphatic heterocycles. The Bertz CT molecular complexity index is 570. The van der Waals surface area contributed by atoms with Crippen LogP contribution in [0, 0.1) is 24.7 Å². The predicted octanol–water partition coefficient (Wildman–Crippen LogP) is 4.56. The molecule has 3 rings (SSSR count). The fraction of sp³-hybridized carbons (Fsp3) is 0.400. The minimum absolute atomic E-state index is 0.109. The monoisotopic (exact) mass is 339 g/mol. The number of aryl methyl sites for hydroxylation is 1. The first-order chi connectivity index (χ1) is 9.04. The lowest BCUT2D eigenvalue weighted by Crippen LogP contribution is -2.26. The number of carbonyl (C=O) groups is 1. The van der Waals surface area contributed by atoms with Gasteiger partial charge in [0, 0.05) is 15.4 Å². The number of allylic oxidation sites excluding steroid dienone is 2. The Morgan fingerprint density at radius 3 is 2.79 bits per heavy atom. The first-order valence-corrected chi connectivity index (χ1v) is 7.66. The fourth-order valence-electron chi connectivity index (χ4n) is 3.05. The second-order valence-electron chi connectivity index (χ2n) is 5.46. The van der Waals surface area contributed by atoms with E-state index in [2.05, 4.69) is 33.4 Å². The van der Waals surface area contributed by atoms with E-state index in [9.17, 15) is 4.79 Å². The van der Waals surface area contributed by atoms with Crippen molar-refractivity contribution in [2.75, 3.05) is 5.32 Å². The third kappa shape index (κ3) is 2.46. The lowest BCUT2D eigenvalue weighted by Gasteiger charge is -2.18. The normalized spacial score (nSPS) is 27.8. The molecule has 0 saturated heterocycles. The summed E-state index contributed by atoms with van der Waals surface area (Å²) in [6, 6.07) is 3.74. The maximum Gasteiger partial charge on any atom is 0.228 e. The highest BCUT2D eigenvalue weighted by Crippen LogP contribution is 2.44. The van der Waals surface area contributed by atoms with Gasteiger partial charge in [-0.15, -0.1) is 0 Å².